The number of pyridine rings is 1. The van der Waals surface area contributed by atoms with Crippen molar-refractivity contribution in [1.82, 2.24) is 4.98 Å². The number of ether oxygens (including phenoxy) is 1. The third kappa shape index (κ3) is 3.41. The van der Waals surface area contributed by atoms with E-state index in [1.54, 1.807) is 6.20 Å². The molecule has 1 amide bonds. The molecule has 0 atom stereocenters. The minimum Gasteiger partial charge on any atom is -0.482 e. The van der Waals surface area contributed by atoms with E-state index in [9.17, 15) is 4.79 Å². The van der Waals surface area contributed by atoms with E-state index in [0.29, 0.717) is 22.3 Å². The number of aromatic nitrogens is 1. The van der Waals surface area contributed by atoms with Crippen LogP contribution in [0.3, 0.4) is 0 Å². The van der Waals surface area contributed by atoms with E-state index in [0.717, 1.165) is 16.8 Å². The number of nitrogens with zero attached hydrogens (tertiary/aromatic N) is 1. The van der Waals surface area contributed by atoms with Gasteiger partial charge in [0.15, 0.2) is 6.61 Å². The third-order valence-electron chi connectivity index (χ3n) is 3.80. The van der Waals surface area contributed by atoms with Crippen LogP contribution in [-0.2, 0) is 4.79 Å². The summed E-state index contributed by atoms with van der Waals surface area (Å²) < 4.78 is 5.39. The highest BCUT2D eigenvalue weighted by molar-refractivity contribution is 6.30. The van der Waals surface area contributed by atoms with E-state index in [4.69, 9.17) is 16.3 Å². The highest BCUT2D eigenvalue weighted by Gasteiger charge is 2.16. The Kier molecular flexibility index (Phi) is 3.99. The van der Waals surface area contributed by atoms with Crippen LogP contribution >= 0.6 is 11.6 Å². The Morgan fingerprint density at radius 3 is 2.84 bits per heavy atom. The minimum atomic E-state index is -0.150. The van der Waals surface area contributed by atoms with Crippen LogP contribution in [0.15, 0.2) is 60.8 Å². The molecular weight excluding hydrogens is 338 g/mol. The molecule has 0 bridgehead atoms. The number of halogens is 1. The van der Waals surface area contributed by atoms with Gasteiger partial charge in [-0.15, -0.1) is 0 Å². The predicted octanol–water partition coefficient (Wildman–Crippen LogP) is 4.48. The summed E-state index contributed by atoms with van der Waals surface area (Å²) in [6.07, 6.45) is 1.73. The Balaban J connectivity index is 1.63. The zero-order valence-electron chi connectivity index (χ0n) is 13.1. The van der Waals surface area contributed by atoms with Crippen LogP contribution in [0.1, 0.15) is 0 Å². The molecule has 25 heavy (non-hydrogen) atoms. The maximum Gasteiger partial charge on any atom is 0.262 e. The lowest BCUT2D eigenvalue weighted by Crippen LogP contribution is -2.25. The predicted molar refractivity (Wildman–Crippen MR) is 98.5 cm³/mol. The molecule has 0 saturated carbocycles. The number of anilines is 3. The first-order valence-electron chi connectivity index (χ1n) is 7.73. The molecule has 1 aromatic heterocycles. The third-order valence-corrected chi connectivity index (χ3v) is 4.04. The number of hydrogen-bond acceptors (Lipinski definition) is 4. The number of carbonyl (C=O) groups excluding carboxylic acids is 1. The Labute approximate surface area is 149 Å². The topological polar surface area (TPSA) is 63.2 Å². The van der Waals surface area contributed by atoms with Gasteiger partial charge in [-0.25, -0.2) is 4.98 Å². The van der Waals surface area contributed by atoms with Crippen molar-refractivity contribution in [2.75, 3.05) is 17.2 Å². The zero-order valence-corrected chi connectivity index (χ0v) is 13.9. The van der Waals surface area contributed by atoms with Crippen molar-refractivity contribution in [1.29, 1.82) is 0 Å². The average Bonchev–Trinajstić information content (AvgIpc) is 2.61. The largest absolute Gasteiger partial charge is 0.482 e. The molecule has 6 heteroatoms. The molecule has 124 valence electrons. The number of nitrogens with one attached hydrogen (secondary N) is 2. The molecule has 0 unspecified atom stereocenters. The maximum absolute atomic E-state index is 11.5. The molecule has 5 nitrogen and oxygen atoms in total. The second kappa shape index (κ2) is 6.45. The molecule has 0 aliphatic carbocycles. The van der Waals surface area contributed by atoms with Crippen LogP contribution < -0.4 is 15.4 Å². The molecule has 0 saturated heterocycles. The zero-order chi connectivity index (χ0) is 17.2. The standard InChI is InChI=1S/C19H14ClN3O2/c20-14-2-1-3-15(10-14)22-18-9-13(6-7-21-18)12-4-5-17-16(8-12)23-19(24)11-25-17/h1-10H,11H2,(H,21,22)(H,23,24). The second-order valence-corrected chi connectivity index (χ2v) is 6.05. The first-order chi connectivity index (χ1) is 12.2. The smallest absolute Gasteiger partial charge is 0.262 e. The number of fused-ring (bicyclic) bond motifs is 1. The van der Waals surface area contributed by atoms with Gasteiger partial charge in [0.2, 0.25) is 0 Å². The Morgan fingerprint density at radius 2 is 1.96 bits per heavy atom. The lowest BCUT2D eigenvalue weighted by molar-refractivity contribution is -0.118. The molecule has 2 heterocycles. The normalized spacial score (nSPS) is 12.8. The first-order valence-corrected chi connectivity index (χ1v) is 8.11. The number of hydrogen-bond donors (Lipinski definition) is 2. The van der Waals surface area contributed by atoms with Gasteiger partial charge in [-0.2, -0.15) is 0 Å². The number of carbonyl (C=O) groups is 1. The van der Waals surface area contributed by atoms with Crippen LogP contribution in [0.5, 0.6) is 5.75 Å². The number of rotatable bonds is 3. The van der Waals surface area contributed by atoms with Gasteiger partial charge in [-0.1, -0.05) is 23.7 Å². The summed E-state index contributed by atoms with van der Waals surface area (Å²) in [7, 11) is 0. The summed E-state index contributed by atoms with van der Waals surface area (Å²) in [6.45, 7) is 0.0509. The molecule has 3 aromatic rings. The number of benzene rings is 2. The van der Waals surface area contributed by atoms with E-state index in [1.165, 1.54) is 0 Å². The highest BCUT2D eigenvalue weighted by Crippen LogP contribution is 2.33. The first kappa shape index (κ1) is 15.5. The Hall–Kier alpha value is -3.05. The second-order valence-electron chi connectivity index (χ2n) is 5.61. The molecule has 0 fully saturated rings. The summed E-state index contributed by atoms with van der Waals surface area (Å²) >= 11 is 6.01. The van der Waals surface area contributed by atoms with E-state index in [-0.39, 0.29) is 12.5 Å². The van der Waals surface area contributed by atoms with Crippen molar-refractivity contribution in [3.8, 4) is 16.9 Å². The van der Waals surface area contributed by atoms with Crippen molar-refractivity contribution >= 4 is 34.7 Å². The van der Waals surface area contributed by atoms with Crippen LogP contribution in [0, 0.1) is 0 Å². The van der Waals surface area contributed by atoms with E-state index in [2.05, 4.69) is 15.6 Å². The maximum atomic E-state index is 11.5. The van der Waals surface area contributed by atoms with E-state index in [1.807, 2.05) is 54.6 Å². The SMILES string of the molecule is O=C1COc2ccc(-c3ccnc(Nc4cccc(Cl)c4)c3)cc2N1. The van der Waals surface area contributed by atoms with Gasteiger partial charge in [0.1, 0.15) is 11.6 Å². The summed E-state index contributed by atoms with van der Waals surface area (Å²) in [5, 5.41) is 6.71. The fourth-order valence-electron chi connectivity index (χ4n) is 2.66. The van der Waals surface area contributed by atoms with Crippen molar-refractivity contribution < 1.29 is 9.53 Å². The summed E-state index contributed by atoms with van der Waals surface area (Å²) in [6, 6.07) is 17.0. The van der Waals surface area contributed by atoms with Crippen molar-refractivity contribution in [3.05, 3.63) is 65.8 Å². The molecule has 1 aliphatic heterocycles. The van der Waals surface area contributed by atoms with Crippen LogP contribution in [0.4, 0.5) is 17.2 Å². The lowest BCUT2D eigenvalue weighted by atomic mass is 10.1. The van der Waals surface area contributed by atoms with Crippen LogP contribution in [0.25, 0.3) is 11.1 Å². The molecule has 0 spiro atoms. The van der Waals surface area contributed by atoms with Gasteiger partial charge in [0.25, 0.3) is 5.91 Å². The summed E-state index contributed by atoms with van der Waals surface area (Å²) in [4.78, 5) is 15.8. The monoisotopic (exact) mass is 351 g/mol. The van der Waals surface area contributed by atoms with Gasteiger partial charge in [0, 0.05) is 16.9 Å². The minimum absolute atomic E-state index is 0.0509. The summed E-state index contributed by atoms with van der Waals surface area (Å²) in [5.74, 6) is 1.23. The fraction of sp³-hybridized carbons (Fsp3) is 0.0526. The van der Waals surface area contributed by atoms with E-state index < -0.39 is 0 Å². The van der Waals surface area contributed by atoms with Crippen LogP contribution in [0.2, 0.25) is 5.02 Å². The highest BCUT2D eigenvalue weighted by atomic mass is 35.5. The van der Waals surface area contributed by atoms with Gasteiger partial charge >= 0.3 is 0 Å². The van der Waals surface area contributed by atoms with Gasteiger partial charge < -0.3 is 15.4 Å². The van der Waals surface area contributed by atoms with E-state index >= 15 is 0 Å². The van der Waals surface area contributed by atoms with Gasteiger partial charge in [-0.05, 0) is 53.6 Å². The van der Waals surface area contributed by atoms with Crippen molar-refractivity contribution in [3.63, 3.8) is 0 Å². The summed E-state index contributed by atoms with van der Waals surface area (Å²) in [5.41, 5.74) is 3.47. The quantitative estimate of drug-likeness (QED) is 0.730. The molecule has 2 aromatic carbocycles. The Bertz CT molecular complexity index is 959. The molecule has 0 radical (unpaired) electrons. The number of amides is 1. The molecule has 1 aliphatic rings. The van der Waals surface area contributed by atoms with Crippen molar-refractivity contribution in [2.45, 2.75) is 0 Å². The average molecular weight is 352 g/mol. The van der Waals surface area contributed by atoms with Crippen molar-refractivity contribution in [2.24, 2.45) is 0 Å². The molecule has 2 N–H and O–H groups in total. The van der Waals surface area contributed by atoms with Gasteiger partial charge in [0.05, 0.1) is 5.69 Å². The fourth-order valence-corrected chi connectivity index (χ4v) is 2.85. The molecule has 4 rings (SSSR count). The van der Waals surface area contributed by atoms with Crippen LogP contribution in [-0.4, -0.2) is 17.5 Å². The van der Waals surface area contributed by atoms with Gasteiger partial charge in [-0.3, -0.25) is 4.79 Å². The lowest BCUT2D eigenvalue weighted by Gasteiger charge is -2.18. The Morgan fingerprint density at radius 1 is 1.08 bits per heavy atom. The molecular formula is C19H14ClN3O2.